The largest absolute Gasteiger partial charge is 0.0602 e. The molecular weight excluding hydrogens is 156 g/mol. The van der Waals surface area contributed by atoms with Crippen molar-refractivity contribution in [1.82, 2.24) is 0 Å². The topological polar surface area (TPSA) is 0 Å². The fourth-order valence-corrected chi connectivity index (χ4v) is 1.85. The molecule has 1 aliphatic carbocycles. The van der Waals surface area contributed by atoms with Crippen molar-refractivity contribution < 1.29 is 0 Å². The molecule has 1 rings (SSSR count). The highest BCUT2D eigenvalue weighted by molar-refractivity contribution is 4.87. The fourth-order valence-electron chi connectivity index (χ4n) is 1.85. The number of hydrogen-bond acceptors (Lipinski definition) is 0. The summed E-state index contributed by atoms with van der Waals surface area (Å²) in [5, 5.41) is 0. The molecule has 0 amide bonds. The van der Waals surface area contributed by atoms with Gasteiger partial charge in [0.15, 0.2) is 0 Å². The van der Waals surface area contributed by atoms with Gasteiger partial charge in [-0.1, -0.05) is 47.0 Å². The molecule has 0 aromatic carbocycles. The van der Waals surface area contributed by atoms with E-state index in [1.807, 2.05) is 0 Å². The molecular formula is C13H26. The van der Waals surface area contributed by atoms with Crippen LogP contribution < -0.4 is 0 Å². The Labute approximate surface area is 84.1 Å². The molecule has 0 radical (unpaired) electrons. The molecule has 0 spiro atoms. The molecule has 1 fully saturated rings. The van der Waals surface area contributed by atoms with Gasteiger partial charge >= 0.3 is 0 Å². The molecule has 0 aliphatic heterocycles. The summed E-state index contributed by atoms with van der Waals surface area (Å²) < 4.78 is 0. The molecule has 0 aromatic heterocycles. The van der Waals surface area contributed by atoms with Gasteiger partial charge in [-0.15, -0.1) is 0 Å². The first kappa shape index (κ1) is 11.1. The molecule has 0 heterocycles. The normalized spacial score (nSPS) is 20.3. The van der Waals surface area contributed by atoms with Crippen molar-refractivity contribution in [1.29, 1.82) is 0 Å². The second-order valence-corrected chi connectivity index (χ2v) is 6.43. The Morgan fingerprint density at radius 2 is 1.62 bits per heavy atom. The lowest BCUT2D eigenvalue weighted by Crippen LogP contribution is -2.04. The van der Waals surface area contributed by atoms with Crippen molar-refractivity contribution in [2.45, 2.75) is 72.6 Å². The Hall–Kier alpha value is 0. The zero-order valence-electron chi connectivity index (χ0n) is 9.95. The number of hydrogen-bond donors (Lipinski definition) is 0. The minimum atomic E-state index is 0.545. The zero-order valence-corrected chi connectivity index (χ0v) is 9.95. The van der Waals surface area contributed by atoms with E-state index >= 15 is 0 Å². The van der Waals surface area contributed by atoms with Crippen LogP contribution in [-0.2, 0) is 0 Å². The monoisotopic (exact) mass is 182 g/mol. The predicted octanol–water partition coefficient (Wildman–Crippen LogP) is 4.78. The smallest absolute Gasteiger partial charge is 0.0325 e. The van der Waals surface area contributed by atoms with Crippen molar-refractivity contribution in [3.8, 4) is 0 Å². The highest BCUT2D eigenvalue weighted by atomic mass is 14.4. The SMILES string of the molecule is CC(C)(C)CCCCCC1(C)CC1. The molecule has 0 aromatic rings. The van der Waals surface area contributed by atoms with E-state index in [-0.39, 0.29) is 0 Å². The third-order valence-electron chi connectivity index (χ3n) is 3.31. The Balaban J connectivity index is 1.90. The van der Waals surface area contributed by atoms with E-state index in [4.69, 9.17) is 0 Å². The standard InChI is InChI=1S/C13H26/c1-12(2,3)8-6-5-7-9-13(4)10-11-13/h5-11H2,1-4H3. The molecule has 0 atom stereocenters. The van der Waals surface area contributed by atoms with Gasteiger partial charge in [0.2, 0.25) is 0 Å². The summed E-state index contributed by atoms with van der Waals surface area (Å²) in [5.74, 6) is 0. The first-order valence-corrected chi connectivity index (χ1v) is 5.91. The first-order valence-electron chi connectivity index (χ1n) is 5.91. The summed E-state index contributed by atoms with van der Waals surface area (Å²) in [6, 6.07) is 0. The average Bonchev–Trinajstić information content (AvgIpc) is 2.65. The van der Waals surface area contributed by atoms with Gasteiger partial charge in [-0.05, 0) is 36.5 Å². The Morgan fingerprint density at radius 3 is 2.08 bits per heavy atom. The second kappa shape index (κ2) is 4.02. The summed E-state index contributed by atoms with van der Waals surface area (Å²) in [5.41, 5.74) is 1.32. The summed E-state index contributed by atoms with van der Waals surface area (Å²) in [7, 11) is 0. The summed E-state index contributed by atoms with van der Waals surface area (Å²) in [6.07, 6.45) is 10.2. The number of unbranched alkanes of at least 4 members (excludes halogenated alkanes) is 2. The molecule has 0 saturated heterocycles. The minimum absolute atomic E-state index is 0.545. The lowest BCUT2D eigenvalue weighted by Gasteiger charge is -2.17. The molecule has 0 N–H and O–H groups in total. The minimum Gasteiger partial charge on any atom is -0.0602 e. The average molecular weight is 182 g/mol. The van der Waals surface area contributed by atoms with Gasteiger partial charge in [-0.3, -0.25) is 0 Å². The quantitative estimate of drug-likeness (QED) is 0.537. The maximum Gasteiger partial charge on any atom is -0.0325 e. The van der Waals surface area contributed by atoms with E-state index in [1.165, 1.54) is 44.9 Å². The second-order valence-electron chi connectivity index (χ2n) is 6.43. The Bertz CT molecular complexity index is 139. The third-order valence-corrected chi connectivity index (χ3v) is 3.31. The maximum absolute atomic E-state index is 2.44. The first-order chi connectivity index (χ1) is 5.91. The van der Waals surface area contributed by atoms with E-state index < -0.39 is 0 Å². The van der Waals surface area contributed by atoms with Crippen LogP contribution in [0.5, 0.6) is 0 Å². The van der Waals surface area contributed by atoms with Crippen molar-refractivity contribution in [3.05, 3.63) is 0 Å². The summed E-state index contributed by atoms with van der Waals surface area (Å²) in [4.78, 5) is 0. The maximum atomic E-state index is 2.44. The molecule has 13 heavy (non-hydrogen) atoms. The summed E-state index contributed by atoms with van der Waals surface area (Å²) in [6.45, 7) is 9.47. The van der Waals surface area contributed by atoms with Crippen molar-refractivity contribution in [3.63, 3.8) is 0 Å². The summed E-state index contributed by atoms with van der Waals surface area (Å²) >= 11 is 0. The highest BCUT2D eigenvalue weighted by Crippen LogP contribution is 2.49. The van der Waals surface area contributed by atoms with Crippen molar-refractivity contribution >= 4 is 0 Å². The van der Waals surface area contributed by atoms with Gasteiger partial charge in [0, 0.05) is 0 Å². The van der Waals surface area contributed by atoms with Gasteiger partial charge in [0.05, 0.1) is 0 Å². The van der Waals surface area contributed by atoms with Crippen LogP contribution in [0.2, 0.25) is 0 Å². The van der Waals surface area contributed by atoms with E-state index in [9.17, 15) is 0 Å². The lowest BCUT2D eigenvalue weighted by atomic mass is 9.89. The van der Waals surface area contributed by atoms with Crippen molar-refractivity contribution in [2.75, 3.05) is 0 Å². The van der Waals surface area contributed by atoms with E-state index in [0.717, 1.165) is 5.41 Å². The van der Waals surface area contributed by atoms with Crippen LogP contribution in [0.15, 0.2) is 0 Å². The van der Waals surface area contributed by atoms with Crippen LogP contribution in [0.3, 0.4) is 0 Å². The third kappa shape index (κ3) is 5.33. The highest BCUT2D eigenvalue weighted by Gasteiger charge is 2.35. The Kier molecular flexibility index (Phi) is 3.43. The van der Waals surface area contributed by atoms with E-state index in [1.54, 1.807) is 0 Å². The van der Waals surface area contributed by atoms with E-state index in [0.29, 0.717) is 5.41 Å². The van der Waals surface area contributed by atoms with Gasteiger partial charge in [-0.2, -0.15) is 0 Å². The molecule has 0 bridgehead atoms. The molecule has 0 heteroatoms. The fraction of sp³-hybridized carbons (Fsp3) is 1.00. The lowest BCUT2D eigenvalue weighted by molar-refractivity contribution is 0.351. The van der Waals surface area contributed by atoms with Crippen LogP contribution in [0.4, 0.5) is 0 Å². The van der Waals surface area contributed by atoms with Gasteiger partial charge in [-0.25, -0.2) is 0 Å². The van der Waals surface area contributed by atoms with Crippen LogP contribution in [0.25, 0.3) is 0 Å². The van der Waals surface area contributed by atoms with E-state index in [2.05, 4.69) is 27.7 Å². The molecule has 0 nitrogen and oxygen atoms in total. The molecule has 1 saturated carbocycles. The van der Waals surface area contributed by atoms with Crippen LogP contribution in [-0.4, -0.2) is 0 Å². The predicted molar refractivity (Wildman–Crippen MR) is 59.9 cm³/mol. The molecule has 0 unspecified atom stereocenters. The van der Waals surface area contributed by atoms with Gasteiger partial charge in [0.25, 0.3) is 0 Å². The van der Waals surface area contributed by atoms with Gasteiger partial charge < -0.3 is 0 Å². The molecule has 78 valence electrons. The van der Waals surface area contributed by atoms with Crippen LogP contribution in [0.1, 0.15) is 72.6 Å². The van der Waals surface area contributed by atoms with Crippen LogP contribution >= 0.6 is 0 Å². The van der Waals surface area contributed by atoms with Crippen LogP contribution in [0, 0.1) is 10.8 Å². The van der Waals surface area contributed by atoms with Crippen molar-refractivity contribution in [2.24, 2.45) is 10.8 Å². The Morgan fingerprint density at radius 1 is 1.00 bits per heavy atom. The number of rotatable bonds is 5. The zero-order chi connectivity index (χ0) is 9.95. The van der Waals surface area contributed by atoms with Gasteiger partial charge in [0.1, 0.15) is 0 Å². The molecule has 1 aliphatic rings.